The van der Waals surface area contributed by atoms with Gasteiger partial charge < -0.3 is 5.11 Å². The molecule has 4 N–H and O–H groups in total. The van der Waals surface area contributed by atoms with Gasteiger partial charge in [0.2, 0.25) is 0 Å². The third-order valence-corrected chi connectivity index (χ3v) is 0.520. The topological polar surface area (TPSA) is 92.4 Å². The second-order valence-electron chi connectivity index (χ2n) is 1.18. The summed E-state index contributed by atoms with van der Waals surface area (Å²) in [7, 11) is 0. The van der Waals surface area contributed by atoms with Crippen LogP contribution in [-0.2, 0) is 9.59 Å². The Bertz CT molecular complexity index is 157. The monoisotopic (exact) mass is 169 g/mol. The number of amides is 1. The summed E-state index contributed by atoms with van der Waals surface area (Å²) >= 11 is 0. The Balaban J connectivity index is 0. The van der Waals surface area contributed by atoms with Crippen molar-refractivity contribution in [2.75, 3.05) is 0 Å². The summed E-state index contributed by atoms with van der Waals surface area (Å²) in [6.07, 6.45) is 1.52. The molecule has 0 aromatic heterocycles. The van der Waals surface area contributed by atoms with Gasteiger partial charge in [-0.2, -0.15) is 0 Å². The number of nitrogens with two attached hydrogens (primary N) is 1. The van der Waals surface area contributed by atoms with Gasteiger partial charge in [-0.3, -0.25) is 10.2 Å². The maximum absolute atomic E-state index is 10.1. The van der Waals surface area contributed by atoms with Gasteiger partial charge in [0.25, 0.3) is 5.91 Å². The van der Waals surface area contributed by atoms with Crippen molar-refractivity contribution in [1.82, 2.24) is 5.43 Å². The third kappa shape index (κ3) is 8.28. The molecule has 0 aliphatic rings. The van der Waals surface area contributed by atoms with Crippen molar-refractivity contribution >= 4 is 63.3 Å². The maximum Gasteiger partial charge on any atom is 0.328 e. The molecule has 0 saturated carbocycles. The van der Waals surface area contributed by atoms with Crippen LogP contribution in [-0.4, -0.2) is 68.4 Å². The quantitative estimate of drug-likeness (QED) is 0.150. The van der Waals surface area contributed by atoms with Gasteiger partial charge in [0, 0.05) is 63.5 Å². The van der Waals surface area contributed by atoms with Crippen molar-refractivity contribution in [2.24, 2.45) is 5.84 Å². The largest absolute Gasteiger partial charge is 0.478 e. The van der Waals surface area contributed by atoms with Crippen molar-refractivity contribution in [3.8, 4) is 0 Å². The number of rotatable bonds is 2. The fraction of sp³-hybridized carbons (Fsp3) is 0. The van der Waals surface area contributed by atoms with Gasteiger partial charge in [0.05, 0.1) is 0 Å². The smallest absolute Gasteiger partial charge is 0.328 e. The second kappa shape index (κ2) is 7.38. The fourth-order valence-electron chi connectivity index (χ4n) is 0.195. The number of hydrazine groups is 1. The molecule has 0 bridgehead atoms. The Labute approximate surface area is 100 Å². The molecule has 0 atom stereocenters. The molecule has 0 spiro atoms. The fourth-order valence-corrected chi connectivity index (χ4v) is 0.195. The summed E-state index contributed by atoms with van der Waals surface area (Å²) in [5, 5.41) is 7.95. The van der Waals surface area contributed by atoms with Gasteiger partial charge in [-0.05, 0) is 0 Å². The van der Waals surface area contributed by atoms with E-state index in [2.05, 4.69) is 5.84 Å². The summed E-state index contributed by atoms with van der Waals surface area (Å²) in [5.74, 6) is 2.79. The molecule has 0 aromatic rings. The Morgan fingerprint density at radius 2 is 1.90 bits per heavy atom. The van der Waals surface area contributed by atoms with E-state index in [1.807, 2.05) is 0 Å². The van der Waals surface area contributed by atoms with Crippen LogP contribution in [0.3, 0.4) is 0 Å². The Kier molecular flexibility index (Phi) is 9.53. The number of hydrogen-bond donors (Lipinski definition) is 3. The van der Waals surface area contributed by atoms with Crippen molar-refractivity contribution in [1.29, 1.82) is 0 Å². The number of carbonyl (C=O) groups excluding carboxylic acids is 1. The first-order chi connectivity index (χ1) is 4.16. The maximum atomic E-state index is 10.1. The van der Waals surface area contributed by atoms with E-state index in [0.717, 1.165) is 6.08 Å². The molecule has 51 valence electrons. The van der Waals surface area contributed by atoms with Crippen LogP contribution in [0.2, 0.25) is 0 Å². The Morgan fingerprint density at radius 1 is 1.40 bits per heavy atom. The number of carboxylic acids is 1. The van der Waals surface area contributed by atoms with Crippen LogP contribution >= 0.6 is 0 Å². The van der Waals surface area contributed by atoms with E-state index in [4.69, 9.17) is 5.11 Å². The minimum absolute atomic E-state index is 0. The van der Waals surface area contributed by atoms with Gasteiger partial charge in [0.1, 0.15) is 0 Å². The van der Waals surface area contributed by atoms with Crippen LogP contribution < -0.4 is 11.3 Å². The van der Waals surface area contributed by atoms with Crippen molar-refractivity contribution in [3.63, 3.8) is 0 Å². The summed E-state index contributed by atoms with van der Waals surface area (Å²) in [5.41, 5.74) is 1.73. The average Bonchev–Trinajstić information content (AvgIpc) is 1.83. The molecule has 1 radical (unpaired) electrons. The third-order valence-electron chi connectivity index (χ3n) is 0.520. The molecule has 1 amide bonds. The molecule has 5 nitrogen and oxygen atoms in total. The Morgan fingerprint density at radius 3 is 2.20 bits per heavy atom. The van der Waals surface area contributed by atoms with Crippen LogP contribution in [0.25, 0.3) is 0 Å². The average molecular weight is 169 g/mol. The van der Waals surface area contributed by atoms with E-state index >= 15 is 0 Å². The zero-order valence-corrected chi connectivity index (χ0v) is 8.62. The van der Waals surface area contributed by atoms with E-state index < -0.39 is 11.9 Å². The SMILES string of the molecule is NNC(=O)/C=C\C(=O)O.[K]. The zero-order chi connectivity index (χ0) is 7.28. The minimum atomic E-state index is -1.18. The first-order valence-corrected chi connectivity index (χ1v) is 2.08. The molecule has 0 aromatic carbocycles. The first kappa shape index (κ1) is 12.9. The summed E-state index contributed by atoms with van der Waals surface area (Å²) in [6, 6.07) is 0. The van der Waals surface area contributed by atoms with Gasteiger partial charge in [-0.1, -0.05) is 0 Å². The van der Waals surface area contributed by atoms with Crippen LogP contribution in [0.15, 0.2) is 12.2 Å². The molecule has 0 rings (SSSR count). The number of carboxylic acid groups (broad SMARTS) is 1. The van der Waals surface area contributed by atoms with Gasteiger partial charge >= 0.3 is 5.97 Å². The van der Waals surface area contributed by atoms with Crippen molar-refractivity contribution in [3.05, 3.63) is 12.2 Å². The zero-order valence-electron chi connectivity index (χ0n) is 5.50. The molecule has 0 fully saturated rings. The normalized spacial score (nSPS) is 8.50. The van der Waals surface area contributed by atoms with Crippen LogP contribution in [0.4, 0.5) is 0 Å². The molecule has 0 aliphatic carbocycles. The molecule has 6 heteroatoms. The predicted octanol–water partition coefficient (Wildman–Crippen LogP) is -1.76. The minimum Gasteiger partial charge on any atom is -0.478 e. The predicted molar refractivity (Wildman–Crippen MR) is 34.9 cm³/mol. The molecule has 0 unspecified atom stereocenters. The van der Waals surface area contributed by atoms with Gasteiger partial charge in [0.15, 0.2) is 0 Å². The van der Waals surface area contributed by atoms with E-state index in [1.165, 1.54) is 0 Å². The van der Waals surface area contributed by atoms with Crippen LogP contribution in [0.5, 0.6) is 0 Å². The number of aliphatic carboxylic acids is 1. The van der Waals surface area contributed by atoms with Crippen LogP contribution in [0.1, 0.15) is 0 Å². The molecular formula is C4H6KN2O3. The molecule has 0 aliphatic heterocycles. The molecular weight excluding hydrogens is 163 g/mol. The summed E-state index contributed by atoms with van der Waals surface area (Å²) < 4.78 is 0. The molecule has 0 saturated heterocycles. The van der Waals surface area contributed by atoms with Crippen LogP contribution in [0, 0.1) is 0 Å². The summed E-state index contributed by atoms with van der Waals surface area (Å²) in [4.78, 5) is 19.8. The van der Waals surface area contributed by atoms with Crippen molar-refractivity contribution < 1.29 is 14.7 Å². The number of nitrogens with one attached hydrogen (secondary N) is 1. The number of hydrogen-bond acceptors (Lipinski definition) is 3. The van der Waals surface area contributed by atoms with Gasteiger partial charge in [-0.25, -0.2) is 10.6 Å². The van der Waals surface area contributed by atoms with E-state index in [0.29, 0.717) is 6.08 Å². The second-order valence-corrected chi connectivity index (χ2v) is 1.18. The van der Waals surface area contributed by atoms with Gasteiger partial charge in [-0.15, -0.1) is 0 Å². The first-order valence-electron chi connectivity index (χ1n) is 2.08. The molecule has 0 heterocycles. The Hall–Kier alpha value is 0.276. The standard InChI is InChI=1S/C4H6N2O3.K/c5-6-3(7)1-2-4(8)9;/h1-2H,5H2,(H,6,7)(H,8,9);/b2-1-;. The number of carbonyl (C=O) groups is 2. The van der Waals surface area contributed by atoms with E-state index in [1.54, 1.807) is 5.43 Å². The van der Waals surface area contributed by atoms with Crippen molar-refractivity contribution in [2.45, 2.75) is 0 Å². The summed E-state index contributed by atoms with van der Waals surface area (Å²) in [6.45, 7) is 0. The van der Waals surface area contributed by atoms with E-state index in [9.17, 15) is 9.59 Å². The van der Waals surface area contributed by atoms with E-state index in [-0.39, 0.29) is 51.4 Å². The molecule has 10 heavy (non-hydrogen) atoms.